The molecule has 3 rings (SSSR count). The number of thiazole rings is 1. The molecule has 6 nitrogen and oxygen atoms in total. The number of morpholine rings is 1. The molecule has 134 valence electrons. The number of hydrogen-bond acceptors (Lipinski definition) is 6. The van der Waals surface area contributed by atoms with Crippen LogP contribution in [-0.2, 0) is 16.0 Å². The molecular formula is C18H24N4O2S. The van der Waals surface area contributed by atoms with Crippen molar-refractivity contribution in [2.45, 2.75) is 26.3 Å². The van der Waals surface area contributed by atoms with Crippen molar-refractivity contribution in [1.82, 2.24) is 20.2 Å². The fraction of sp³-hybridized carbons (Fsp3) is 0.500. The molecule has 3 heterocycles. The normalized spacial score (nSPS) is 16.6. The van der Waals surface area contributed by atoms with Gasteiger partial charge in [-0.15, -0.1) is 11.3 Å². The maximum Gasteiger partial charge on any atom is 0.226 e. The Bertz CT molecular complexity index is 698. The Morgan fingerprint density at radius 3 is 2.84 bits per heavy atom. The van der Waals surface area contributed by atoms with Crippen LogP contribution >= 0.6 is 11.3 Å². The molecule has 1 fully saturated rings. The van der Waals surface area contributed by atoms with Gasteiger partial charge in [-0.05, 0) is 25.5 Å². The van der Waals surface area contributed by atoms with Gasteiger partial charge in [0.2, 0.25) is 5.91 Å². The maximum absolute atomic E-state index is 12.4. The zero-order valence-electron chi connectivity index (χ0n) is 14.7. The van der Waals surface area contributed by atoms with Crippen molar-refractivity contribution in [2.24, 2.45) is 0 Å². The molecule has 2 aromatic heterocycles. The molecule has 7 heteroatoms. The minimum atomic E-state index is 0.00977. The van der Waals surface area contributed by atoms with Gasteiger partial charge in [-0.3, -0.25) is 14.7 Å². The summed E-state index contributed by atoms with van der Waals surface area (Å²) in [6.45, 7) is 7.71. The van der Waals surface area contributed by atoms with Crippen LogP contribution in [0, 0.1) is 13.8 Å². The fourth-order valence-corrected chi connectivity index (χ4v) is 3.92. The summed E-state index contributed by atoms with van der Waals surface area (Å²) >= 11 is 1.63. The van der Waals surface area contributed by atoms with Gasteiger partial charge in [-0.25, -0.2) is 4.98 Å². The van der Waals surface area contributed by atoms with Crippen molar-refractivity contribution in [3.05, 3.63) is 45.7 Å². The van der Waals surface area contributed by atoms with E-state index in [1.54, 1.807) is 17.5 Å². The molecule has 25 heavy (non-hydrogen) atoms. The van der Waals surface area contributed by atoms with Gasteiger partial charge in [0.05, 0.1) is 36.4 Å². The average molecular weight is 360 g/mol. The van der Waals surface area contributed by atoms with Crippen LogP contribution in [0.5, 0.6) is 0 Å². The van der Waals surface area contributed by atoms with E-state index in [2.05, 4.69) is 26.3 Å². The summed E-state index contributed by atoms with van der Waals surface area (Å²) in [5.41, 5.74) is 2.00. The molecule has 1 aliphatic rings. The molecule has 1 aliphatic heterocycles. The Morgan fingerprint density at radius 1 is 1.40 bits per heavy atom. The molecule has 0 aliphatic carbocycles. The second-order valence-corrected chi connectivity index (χ2v) is 7.57. The third kappa shape index (κ3) is 4.84. The van der Waals surface area contributed by atoms with Gasteiger partial charge in [-0.1, -0.05) is 6.07 Å². The van der Waals surface area contributed by atoms with Crippen LogP contribution in [0.1, 0.15) is 27.2 Å². The lowest BCUT2D eigenvalue weighted by molar-refractivity contribution is -0.120. The highest BCUT2D eigenvalue weighted by atomic mass is 32.1. The van der Waals surface area contributed by atoms with Crippen LogP contribution in [0.3, 0.4) is 0 Å². The van der Waals surface area contributed by atoms with E-state index in [1.165, 1.54) is 0 Å². The first-order valence-corrected chi connectivity index (χ1v) is 9.36. The summed E-state index contributed by atoms with van der Waals surface area (Å²) in [7, 11) is 0. The predicted octanol–water partition coefficient (Wildman–Crippen LogP) is 1.89. The van der Waals surface area contributed by atoms with Crippen molar-refractivity contribution in [3.63, 3.8) is 0 Å². The average Bonchev–Trinajstić information content (AvgIpc) is 2.94. The third-order valence-corrected chi connectivity index (χ3v) is 5.30. The van der Waals surface area contributed by atoms with Gasteiger partial charge < -0.3 is 10.1 Å². The molecule has 1 atom stereocenters. The molecule has 0 saturated carbocycles. The van der Waals surface area contributed by atoms with Crippen LogP contribution < -0.4 is 5.32 Å². The largest absolute Gasteiger partial charge is 0.379 e. The molecule has 1 amide bonds. The number of nitrogens with one attached hydrogen (secondary N) is 1. The summed E-state index contributed by atoms with van der Waals surface area (Å²) in [6.07, 6.45) is 3.98. The zero-order valence-corrected chi connectivity index (χ0v) is 15.5. The molecular weight excluding hydrogens is 336 g/mol. The van der Waals surface area contributed by atoms with E-state index in [4.69, 9.17) is 4.74 Å². The first-order chi connectivity index (χ1) is 12.1. The topological polar surface area (TPSA) is 67.4 Å². The molecule has 0 unspecified atom stereocenters. The van der Waals surface area contributed by atoms with E-state index in [0.29, 0.717) is 13.0 Å². The summed E-state index contributed by atoms with van der Waals surface area (Å²) in [6, 6.07) is 4.11. The van der Waals surface area contributed by atoms with E-state index in [1.807, 2.05) is 26.1 Å². The van der Waals surface area contributed by atoms with E-state index in [9.17, 15) is 4.79 Å². The standard InChI is InChI=1S/C18H24N4O2S/c1-13-16(21-14(2)25-13)10-18(23)20-12-17(15-4-3-5-19-11-15)22-6-8-24-9-7-22/h3-5,11,17H,6-10,12H2,1-2H3,(H,20,23)/t17-/m1/s1. The van der Waals surface area contributed by atoms with Gasteiger partial charge in [0.25, 0.3) is 0 Å². The van der Waals surface area contributed by atoms with Crippen molar-refractivity contribution < 1.29 is 9.53 Å². The maximum atomic E-state index is 12.4. The molecule has 0 spiro atoms. The van der Waals surface area contributed by atoms with Gasteiger partial charge in [-0.2, -0.15) is 0 Å². The predicted molar refractivity (Wildman–Crippen MR) is 97.7 cm³/mol. The number of aromatic nitrogens is 2. The van der Waals surface area contributed by atoms with Crippen LogP contribution in [0.2, 0.25) is 0 Å². The van der Waals surface area contributed by atoms with Gasteiger partial charge >= 0.3 is 0 Å². The minimum absolute atomic E-state index is 0.00977. The number of hydrogen-bond donors (Lipinski definition) is 1. The lowest BCUT2D eigenvalue weighted by Gasteiger charge is -2.34. The van der Waals surface area contributed by atoms with Crippen molar-refractivity contribution in [3.8, 4) is 0 Å². The lowest BCUT2D eigenvalue weighted by Crippen LogP contribution is -2.44. The summed E-state index contributed by atoms with van der Waals surface area (Å²) in [5.74, 6) is 0.00977. The zero-order chi connectivity index (χ0) is 17.6. The van der Waals surface area contributed by atoms with Crippen LogP contribution in [0.15, 0.2) is 24.5 Å². The Morgan fingerprint density at radius 2 is 2.20 bits per heavy atom. The third-order valence-electron chi connectivity index (χ3n) is 4.38. The number of carbonyl (C=O) groups is 1. The Kier molecular flexibility index (Phi) is 6.12. The molecule has 0 bridgehead atoms. The molecule has 2 aromatic rings. The Labute approximate surface area is 152 Å². The fourth-order valence-electron chi connectivity index (χ4n) is 3.08. The SMILES string of the molecule is Cc1nc(CC(=O)NC[C@H](c2cccnc2)N2CCOCC2)c(C)s1. The minimum Gasteiger partial charge on any atom is -0.379 e. The van der Waals surface area contributed by atoms with Gasteiger partial charge in [0.15, 0.2) is 0 Å². The monoisotopic (exact) mass is 360 g/mol. The first-order valence-electron chi connectivity index (χ1n) is 8.55. The smallest absolute Gasteiger partial charge is 0.226 e. The summed E-state index contributed by atoms with van der Waals surface area (Å²) in [4.78, 5) is 24.5. The Hall–Kier alpha value is -1.83. The quantitative estimate of drug-likeness (QED) is 0.852. The second kappa shape index (κ2) is 8.51. The summed E-state index contributed by atoms with van der Waals surface area (Å²) in [5, 5.41) is 4.08. The molecule has 1 N–H and O–H groups in total. The van der Waals surface area contributed by atoms with Gasteiger partial charge in [0.1, 0.15) is 0 Å². The van der Waals surface area contributed by atoms with Crippen LogP contribution in [0.4, 0.5) is 0 Å². The second-order valence-electron chi connectivity index (χ2n) is 6.17. The molecule has 0 radical (unpaired) electrons. The van der Waals surface area contributed by atoms with Crippen LogP contribution in [0.25, 0.3) is 0 Å². The summed E-state index contributed by atoms with van der Waals surface area (Å²) < 4.78 is 5.45. The molecule has 1 saturated heterocycles. The highest BCUT2D eigenvalue weighted by molar-refractivity contribution is 7.11. The number of rotatable bonds is 6. The number of pyridine rings is 1. The lowest BCUT2D eigenvalue weighted by atomic mass is 10.1. The van der Waals surface area contributed by atoms with Gasteiger partial charge in [0, 0.05) is 36.9 Å². The van der Waals surface area contributed by atoms with Crippen LogP contribution in [-0.4, -0.2) is 53.6 Å². The number of amides is 1. The molecule has 0 aromatic carbocycles. The Balaban J connectivity index is 1.63. The van der Waals surface area contributed by atoms with E-state index in [-0.39, 0.29) is 11.9 Å². The first kappa shape index (κ1) is 18.0. The van der Waals surface area contributed by atoms with E-state index >= 15 is 0 Å². The number of nitrogens with zero attached hydrogens (tertiary/aromatic N) is 3. The number of ether oxygens (including phenoxy) is 1. The van der Waals surface area contributed by atoms with Crippen molar-refractivity contribution >= 4 is 17.2 Å². The number of aryl methyl sites for hydroxylation is 2. The van der Waals surface area contributed by atoms with Crippen molar-refractivity contribution in [1.29, 1.82) is 0 Å². The van der Waals surface area contributed by atoms with Crippen molar-refractivity contribution in [2.75, 3.05) is 32.8 Å². The van der Waals surface area contributed by atoms with E-state index < -0.39 is 0 Å². The number of carbonyl (C=O) groups excluding carboxylic acids is 1. The van der Waals surface area contributed by atoms with E-state index in [0.717, 1.165) is 47.4 Å². The highest BCUT2D eigenvalue weighted by Crippen LogP contribution is 2.21. The highest BCUT2D eigenvalue weighted by Gasteiger charge is 2.23.